The van der Waals surface area contributed by atoms with Crippen molar-refractivity contribution >= 4 is 33.8 Å². The maximum atomic E-state index is 13.2. The van der Waals surface area contributed by atoms with Gasteiger partial charge in [-0.15, -0.1) is 0 Å². The first-order chi connectivity index (χ1) is 15.9. The highest BCUT2D eigenvalue weighted by Crippen LogP contribution is 2.27. The lowest BCUT2D eigenvalue weighted by Gasteiger charge is -2.10. The molecule has 3 heterocycles. The van der Waals surface area contributed by atoms with Crippen molar-refractivity contribution in [3.05, 3.63) is 83.7 Å². The molecule has 0 bridgehead atoms. The number of pyridine rings is 1. The third-order valence-electron chi connectivity index (χ3n) is 5.71. The zero-order chi connectivity index (χ0) is 23.1. The average molecular weight is 438 g/mol. The van der Waals surface area contributed by atoms with Crippen LogP contribution >= 0.6 is 0 Å². The Morgan fingerprint density at radius 1 is 0.879 bits per heavy atom. The maximum absolute atomic E-state index is 13.2. The van der Waals surface area contributed by atoms with Gasteiger partial charge in [0, 0.05) is 36.8 Å². The number of benzene rings is 2. The molecule has 33 heavy (non-hydrogen) atoms. The van der Waals surface area contributed by atoms with Crippen LogP contribution in [0.15, 0.2) is 66.9 Å². The second kappa shape index (κ2) is 7.90. The minimum atomic E-state index is -0.440. The van der Waals surface area contributed by atoms with Gasteiger partial charge in [0.2, 0.25) is 0 Å². The monoisotopic (exact) mass is 438 g/mol. The summed E-state index contributed by atoms with van der Waals surface area (Å²) in [7, 11) is 3.67. The number of nitrogens with one attached hydrogen (secondary N) is 2. The summed E-state index contributed by atoms with van der Waals surface area (Å²) in [6, 6.07) is 19.0. The molecule has 0 aliphatic rings. The fourth-order valence-corrected chi connectivity index (χ4v) is 4.15. The molecule has 8 heteroatoms. The second-order valence-corrected chi connectivity index (χ2v) is 7.91. The van der Waals surface area contributed by atoms with Crippen molar-refractivity contribution in [2.24, 2.45) is 14.1 Å². The van der Waals surface area contributed by atoms with Crippen LogP contribution in [0.4, 0.5) is 0 Å². The number of aromatic nitrogens is 4. The van der Waals surface area contributed by atoms with Gasteiger partial charge in [-0.05, 0) is 19.1 Å². The number of hydrazine groups is 1. The molecular weight excluding hydrogens is 416 g/mol. The van der Waals surface area contributed by atoms with Crippen molar-refractivity contribution in [1.82, 2.24) is 30.2 Å². The van der Waals surface area contributed by atoms with E-state index in [1.165, 1.54) is 0 Å². The largest absolute Gasteiger partial charge is 0.350 e. The number of para-hydroxylation sites is 1. The molecule has 5 rings (SSSR count). The summed E-state index contributed by atoms with van der Waals surface area (Å²) < 4.78 is 3.53. The number of rotatable bonds is 3. The Labute approximate surface area is 189 Å². The van der Waals surface area contributed by atoms with Crippen molar-refractivity contribution in [2.45, 2.75) is 6.92 Å². The molecule has 0 atom stereocenters. The summed E-state index contributed by atoms with van der Waals surface area (Å²) in [6.45, 7) is 1.83. The molecule has 2 N–H and O–H groups in total. The number of aryl methyl sites for hydroxylation is 3. The number of fused-ring (bicyclic) bond motifs is 2. The summed E-state index contributed by atoms with van der Waals surface area (Å²) in [4.78, 5) is 30.8. The van der Waals surface area contributed by atoms with Gasteiger partial charge in [-0.25, -0.2) is 4.98 Å². The fraction of sp³-hybridized carbons (Fsp3) is 0.120. The second-order valence-electron chi connectivity index (χ2n) is 7.91. The summed E-state index contributed by atoms with van der Waals surface area (Å²) in [5.41, 5.74) is 9.74. The smallest absolute Gasteiger partial charge is 0.271 e. The van der Waals surface area contributed by atoms with Crippen LogP contribution in [0.3, 0.4) is 0 Å². The van der Waals surface area contributed by atoms with Gasteiger partial charge >= 0.3 is 0 Å². The van der Waals surface area contributed by atoms with Gasteiger partial charge in [0.1, 0.15) is 0 Å². The number of amides is 2. The SMILES string of the molecule is Cc1nn(C)c2nc(-c3ccccc3)cc(C(=O)NNC(=O)c3cn(C)c4ccccc34)c12. The van der Waals surface area contributed by atoms with E-state index in [0.717, 1.165) is 16.5 Å². The predicted molar refractivity (Wildman–Crippen MR) is 127 cm³/mol. The molecule has 8 nitrogen and oxygen atoms in total. The Morgan fingerprint density at radius 2 is 1.55 bits per heavy atom. The lowest BCUT2D eigenvalue weighted by Crippen LogP contribution is -2.41. The van der Waals surface area contributed by atoms with E-state index in [9.17, 15) is 9.59 Å². The van der Waals surface area contributed by atoms with Gasteiger partial charge in [0.15, 0.2) is 5.65 Å². The number of carbonyl (C=O) groups excluding carboxylic acids is 2. The standard InChI is InChI=1S/C25H22N6O2/c1-15-22-18(13-20(16-9-5-4-6-10-16)26-23(22)31(3)29-15)24(32)27-28-25(33)19-14-30(2)21-12-8-7-11-17(19)21/h4-14H,1-3H3,(H,27,32)(H,28,33). The molecule has 164 valence electrons. The summed E-state index contributed by atoms with van der Waals surface area (Å²) in [6.07, 6.45) is 1.75. The lowest BCUT2D eigenvalue weighted by molar-refractivity contribution is 0.0848. The van der Waals surface area contributed by atoms with Crippen LogP contribution in [-0.2, 0) is 14.1 Å². The Kier molecular flexibility index (Phi) is 4.90. The number of hydrogen-bond acceptors (Lipinski definition) is 4. The van der Waals surface area contributed by atoms with Crippen LogP contribution in [-0.4, -0.2) is 31.1 Å². The molecule has 0 spiro atoms. The molecule has 0 saturated heterocycles. The highest BCUT2D eigenvalue weighted by molar-refractivity contribution is 6.10. The van der Waals surface area contributed by atoms with Crippen LogP contribution in [0.1, 0.15) is 26.4 Å². The van der Waals surface area contributed by atoms with Crippen molar-refractivity contribution < 1.29 is 9.59 Å². The van der Waals surface area contributed by atoms with Gasteiger partial charge < -0.3 is 4.57 Å². The van der Waals surface area contributed by atoms with Crippen LogP contribution in [0, 0.1) is 6.92 Å². The van der Waals surface area contributed by atoms with E-state index in [0.29, 0.717) is 33.5 Å². The van der Waals surface area contributed by atoms with Crippen LogP contribution in [0.25, 0.3) is 33.2 Å². The van der Waals surface area contributed by atoms with Gasteiger partial charge in [-0.1, -0.05) is 48.5 Å². The van der Waals surface area contributed by atoms with Crippen LogP contribution in [0.5, 0.6) is 0 Å². The molecule has 2 aromatic carbocycles. The molecule has 0 fully saturated rings. The molecule has 0 radical (unpaired) electrons. The zero-order valence-corrected chi connectivity index (χ0v) is 18.5. The quantitative estimate of drug-likeness (QED) is 0.422. The van der Waals surface area contributed by atoms with E-state index >= 15 is 0 Å². The topological polar surface area (TPSA) is 93.8 Å². The number of carbonyl (C=O) groups is 2. The van der Waals surface area contributed by atoms with Crippen LogP contribution < -0.4 is 10.9 Å². The zero-order valence-electron chi connectivity index (χ0n) is 18.5. The molecule has 2 amide bonds. The summed E-state index contributed by atoms with van der Waals surface area (Å²) >= 11 is 0. The molecule has 5 aromatic rings. The van der Waals surface area contributed by atoms with E-state index in [2.05, 4.69) is 16.0 Å². The maximum Gasteiger partial charge on any atom is 0.271 e. The van der Waals surface area contributed by atoms with E-state index in [1.54, 1.807) is 24.0 Å². The van der Waals surface area contributed by atoms with E-state index in [-0.39, 0.29) is 0 Å². The van der Waals surface area contributed by atoms with E-state index < -0.39 is 11.8 Å². The van der Waals surface area contributed by atoms with Gasteiger partial charge in [-0.3, -0.25) is 25.1 Å². The number of nitrogens with zero attached hydrogens (tertiary/aromatic N) is 4. The van der Waals surface area contributed by atoms with E-state index in [4.69, 9.17) is 4.98 Å². The van der Waals surface area contributed by atoms with Crippen molar-refractivity contribution in [2.75, 3.05) is 0 Å². The highest BCUT2D eigenvalue weighted by Gasteiger charge is 2.20. The minimum absolute atomic E-state index is 0.391. The summed E-state index contributed by atoms with van der Waals surface area (Å²) in [5.74, 6) is -0.832. The molecule has 0 saturated carbocycles. The average Bonchev–Trinajstić information content (AvgIpc) is 3.33. The third-order valence-corrected chi connectivity index (χ3v) is 5.71. The first kappa shape index (κ1) is 20.4. The number of hydrogen-bond donors (Lipinski definition) is 2. The third kappa shape index (κ3) is 3.51. The van der Waals surface area contributed by atoms with E-state index in [1.807, 2.05) is 73.1 Å². The van der Waals surface area contributed by atoms with Gasteiger partial charge in [0.05, 0.1) is 27.9 Å². The van der Waals surface area contributed by atoms with Gasteiger partial charge in [0.25, 0.3) is 11.8 Å². The minimum Gasteiger partial charge on any atom is -0.350 e. The summed E-state index contributed by atoms with van der Waals surface area (Å²) in [5, 5.41) is 5.89. The van der Waals surface area contributed by atoms with Crippen molar-refractivity contribution in [3.8, 4) is 11.3 Å². The fourth-order valence-electron chi connectivity index (χ4n) is 4.15. The van der Waals surface area contributed by atoms with Gasteiger partial charge in [-0.2, -0.15) is 5.10 Å². The first-order valence-corrected chi connectivity index (χ1v) is 10.5. The van der Waals surface area contributed by atoms with Crippen molar-refractivity contribution in [3.63, 3.8) is 0 Å². The molecule has 0 aliphatic heterocycles. The lowest BCUT2D eigenvalue weighted by atomic mass is 10.1. The Hall–Kier alpha value is -4.46. The Balaban J connectivity index is 1.48. The van der Waals surface area contributed by atoms with Crippen LogP contribution in [0.2, 0.25) is 0 Å². The normalized spacial score (nSPS) is 11.1. The molecule has 0 aliphatic carbocycles. The van der Waals surface area contributed by atoms with Crippen molar-refractivity contribution in [1.29, 1.82) is 0 Å². The molecular formula is C25H22N6O2. The molecule has 3 aromatic heterocycles. The molecule has 0 unspecified atom stereocenters. The Bertz CT molecular complexity index is 1530. The highest BCUT2D eigenvalue weighted by atomic mass is 16.2. The first-order valence-electron chi connectivity index (χ1n) is 10.5. The Morgan fingerprint density at radius 3 is 2.30 bits per heavy atom. The predicted octanol–water partition coefficient (Wildman–Crippen LogP) is 3.51.